The maximum absolute atomic E-state index is 5.10. The van der Waals surface area contributed by atoms with E-state index in [2.05, 4.69) is 42.8 Å². The van der Waals surface area contributed by atoms with Crippen LogP contribution in [0.4, 0.5) is 0 Å². The number of ether oxygens (including phenoxy) is 1. The monoisotopic (exact) mass is 383 g/mol. The van der Waals surface area contributed by atoms with Crippen LogP contribution in [0.15, 0.2) is 0 Å². The summed E-state index contributed by atoms with van der Waals surface area (Å²) in [6.07, 6.45) is 14.5. The van der Waals surface area contributed by atoms with Gasteiger partial charge in [-0.1, -0.05) is 45.4 Å². The van der Waals surface area contributed by atoms with Crippen LogP contribution in [0.2, 0.25) is 0 Å². The molecule has 4 nitrogen and oxygen atoms in total. The van der Waals surface area contributed by atoms with Gasteiger partial charge in [0.2, 0.25) is 0 Å². The minimum absolute atomic E-state index is 0.913. The maximum Gasteiger partial charge on any atom is 0.0594 e. The highest BCUT2D eigenvalue weighted by Crippen LogP contribution is 2.22. The average Bonchev–Trinajstić information content (AvgIpc) is 3.16. The lowest BCUT2D eigenvalue weighted by Gasteiger charge is -2.21. The summed E-state index contributed by atoms with van der Waals surface area (Å²) < 4.78 is 5.10. The third-order valence-corrected chi connectivity index (χ3v) is 6.04. The molecular formula is C23H49N3O. The highest BCUT2D eigenvalue weighted by Gasteiger charge is 2.06. The van der Waals surface area contributed by atoms with Crippen LogP contribution in [-0.2, 0) is 4.74 Å². The number of hydrogen-bond acceptors (Lipinski definition) is 4. The molecule has 1 saturated carbocycles. The predicted octanol–water partition coefficient (Wildman–Crippen LogP) is 4.35. The Morgan fingerprint density at radius 2 is 0.889 bits per heavy atom. The van der Waals surface area contributed by atoms with Gasteiger partial charge >= 0.3 is 0 Å². The van der Waals surface area contributed by atoms with Gasteiger partial charge in [0.1, 0.15) is 0 Å². The number of rotatable bonds is 0. The lowest BCUT2D eigenvalue weighted by molar-refractivity contribution is 0.0503. The molecule has 0 unspecified atom stereocenters. The standard InChI is InChI=1S/C7H14.C6H13N.C5H11NO.C5H11N/c2*1-7-5-3-2-4-6-7;1-6-2-4-7-5-3-6;1-6-4-2-3-5-6/h7H,2-6H2,1H3;2-6H2,1H3;2-5H2,1H3;2-5H2,1H3. The van der Waals surface area contributed by atoms with Gasteiger partial charge in [-0.05, 0) is 78.9 Å². The first-order valence-electron chi connectivity index (χ1n) is 11.7. The molecule has 0 aromatic rings. The summed E-state index contributed by atoms with van der Waals surface area (Å²) in [5, 5.41) is 0. The van der Waals surface area contributed by atoms with Crippen molar-refractivity contribution in [2.45, 2.75) is 71.1 Å². The van der Waals surface area contributed by atoms with E-state index in [0.717, 1.165) is 32.2 Å². The lowest BCUT2D eigenvalue weighted by atomic mass is 9.91. The zero-order chi connectivity index (χ0) is 19.7. The molecule has 0 aromatic carbocycles. The van der Waals surface area contributed by atoms with Crippen LogP contribution in [0.5, 0.6) is 0 Å². The molecule has 4 rings (SSSR count). The average molecular weight is 384 g/mol. The minimum atomic E-state index is 0.913. The molecule has 3 saturated heterocycles. The summed E-state index contributed by atoms with van der Waals surface area (Å²) in [5.41, 5.74) is 0. The minimum Gasteiger partial charge on any atom is -0.379 e. The van der Waals surface area contributed by atoms with Gasteiger partial charge in [-0.25, -0.2) is 0 Å². The van der Waals surface area contributed by atoms with Gasteiger partial charge in [0.05, 0.1) is 13.2 Å². The fraction of sp³-hybridized carbons (Fsp3) is 1.00. The Kier molecular flexibility index (Phi) is 15.4. The Morgan fingerprint density at radius 3 is 1.11 bits per heavy atom. The molecule has 27 heavy (non-hydrogen) atoms. The molecule has 0 N–H and O–H groups in total. The molecular weight excluding hydrogens is 334 g/mol. The summed E-state index contributed by atoms with van der Waals surface area (Å²) in [5.74, 6) is 1.04. The van der Waals surface area contributed by atoms with Crippen LogP contribution >= 0.6 is 0 Å². The molecule has 4 fully saturated rings. The second-order valence-electron chi connectivity index (χ2n) is 9.03. The number of nitrogens with zero attached hydrogens (tertiary/aromatic N) is 3. The van der Waals surface area contributed by atoms with Crippen molar-refractivity contribution in [2.75, 3.05) is 73.6 Å². The van der Waals surface area contributed by atoms with Crippen LogP contribution < -0.4 is 0 Å². The molecule has 0 bridgehead atoms. The lowest BCUT2D eigenvalue weighted by Crippen LogP contribution is -2.32. The van der Waals surface area contributed by atoms with E-state index in [-0.39, 0.29) is 0 Å². The van der Waals surface area contributed by atoms with E-state index >= 15 is 0 Å². The van der Waals surface area contributed by atoms with Crippen molar-refractivity contribution in [3.05, 3.63) is 0 Å². The molecule has 0 atom stereocenters. The first kappa shape index (κ1) is 24.9. The first-order chi connectivity index (χ1) is 13.1. The number of morpholine rings is 1. The van der Waals surface area contributed by atoms with Crippen LogP contribution in [0, 0.1) is 5.92 Å². The third-order valence-electron chi connectivity index (χ3n) is 6.04. The zero-order valence-electron chi connectivity index (χ0n) is 19.1. The van der Waals surface area contributed by atoms with Crippen molar-refractivity contribution in [2.24, 2.45) is 5.92 Å². The Morgan fingerprint density at radius 1 is 0.519 bits per heavy atom. The van der Waals surface area contributed by atoms with E-state index in [4.69, 9.17) is 4.74 Å². The SMILES string of the molecule is CC1CCCCC1.CN1CCCC1.CN1CCCCC1.CN1CCOCC1. The van der Waals surface area contributed by atoms with Gasteiger partial charge in [-0.2, -0.15) is 0 Å². The molecule has 0 spiro atoms. The first-order valence-corrected chi connectivity index (χ1v) is 11.7. The number of likely N-dealkylation sites (tertiary alicyclic amines) is 2. The van der Waals surface area contributed by atoms with Gasteiger partial charge in [-0.3, -0.25) is 0 Å². The molecule has 4 aliphatic rings. The van der Waals surface area contributed by atoms with Gasteiger partial charge in [0, 0.05) is 13.1 Å². The topological polar surface area (TPSA) is 19.0 Å². The molecule has 4 heteroatoms. The van der Waals surface area contributed by atoms with E-state index in [1.54, 1.807) is 0 Å². The fourth-order valence-electron chi connectivity index (χ4n) is 3.89. The van der Waals surface area contributed by atoms with Gasteiger partial charge in [0.25, 0.3) is 0 Å². The van der Waals surface area contributed by atoms with E-state index < -0.39 is 0 Å². The molecule has 3 aliphatic heterocycles. The van der Waals surface area contributed by atoms with Crippen molar-refractivity contribution >= 4 is 0 Å². The molecule has 0 radical (unpaired) electrons. The summed E-state index contributed by atoms with van der Waals surface area (Å²) in [7, 11) is 6.48. The largest absolute Gasteiger partial charge is 0.379 e. The fourth-order valence-corrected chi connectivity index (χ4v) is 3.89. The number of piperidine rings is 1. The maximum atomic E-state index is 5.10. The quantitative estimate of drug-likeness (QED) is 0.619. The summed E-state index contributed by atoms with van der Waals surface area (Å²) in [6.45, 7) is 11.7. The third kappa shape index (κ3) is 15.4. The molecule has 162 valence electrons. The smallest absolute Gasteiger partial charge is 0.0594 e. The zero-order valence-corrected chi connectivity index (χ0v) is 19.1. The van der Waals surface area contributed by atoms with Crippen LogP contribution in [0.3, 0.4) is 0 Å². The number of likely N-dealkylation sites (N-methyl/N-ethyl adjacent to an activating group) is 1. The molecule has 3 heterocycles. The van der Waals surface area contributed by atoms with Crippen LogP contribution in [0.25, 0.3) is 0 Å². The van der Waals surface area contributed by atoms with Gasteiger partial charge in [-0.15, -0.1) is 0 Å². The summed E-state index contributed by atoms with van der Waals surface area (Å²) in [6, 6.07) is 0. The summed E-state index contributed by atoms with van der Waals surface area (Å²) in [4.78, 5) is 7.02. The highest BCUT2D eigenvalue weighted by molar-refractivity contribution is 4.60. The van der Waals surface area contributed by atoms with E-state index in [0.29, 0.717) is 0 Å². The normalized spacial score (nSPS) is 25.3. The van der Waals surface area contributed by atoms with Crippen molar-refractivity contribution in [1.82, 2.24) is 14.7 Å². The van der Waals surface area contributed by atoms with Crippen molar-refractivity contribution in [1.29, 1.82) is 0 Å². The molecule has 0 aromatic heterocycles. The predicted molar refractivity (Wildman–Crippen MR) is 119 cm³/mol. The Balaban J connectivity index is 0.000000180. The van der Waals surface area contributed by atoms with Crippen molar-refractivity contribution in [3.8, 4) is 0 Å². The van der Waals surface area contributed by atoms with Gasteiger partial charge in [0.15, 0.2) is 0 Å². The van der Waals surface area contributed by atoms with Gasteiger partial charge < -0.3 is 19.4 Å². The second-order valence-corrected chi connectivity index (χ2v) is 9.03. The Hall–Kier alpha value is -0.160. The highest BCUT2D eigenvalue weighted by atomic mass is 16.5. The summed E-state index contributed by atoms with van der Waals surface area (Å²) >= 11 is 0. The van der Waals surface area contributed by atoms with Crippen LogP contribution in [0.1, 0.15) is 71.1 Å². The Bertz CT molecular complexity index is 265. The Labute approximate surface area is 170 Å². The molecule has 1 aliphatic carbocycles. The van der Waals surface area contributed by atoms with E-state index in [1.807, 2.05) is 0 Å². The number of hydrogen-bond donors (Lipinski definition) is 0. The van der Waals surface area contributed by atoms with Crippen molar-refractivity contribution < 1.29 is 4.74 Å². The van der Waals surface area contributed by atoms with Crippen LogP contribution in [-0.4, -0.2) is 88.3 Å². The van der Waals surface area contributed by atoms with E-state index in [1.165, 1.54) is 90.4 Å². The van der Waals surface area contributed by atoms with Crippen molar-refractivity contribution in [3.63, 3.8) is 0 Å². The molecule has 0 amide bonds. The van der Waals surface area contributed by atoms with E-state index in [9.17, 15) is 0 Å². The second kappa shape index (κ2) is 16.8.